The van der Waals surface area contributed by atoms with Crippen LogP contribution in [0.1, 0.15) is 19.5 Å². The number of imidazole rings is 1. The fourth-order valence-corrected chi connectivity index (χ4v) is 4.20. The second-order valence-electron chi connectivity index (χ2n) is 8.00. The maximum Gasteiger partial charge on any atom is 0.173 e. The number of pyridine rings is 1. The highest BCUT2D eigenvalue weighted by Crippen LogP contribution is 2.25. The summed E-state index contributed by atoms with van der Waals surface area (Å²) >= 11 is 0. The molecule has 7 heteroatoms. The van der Waals surface area contributed by atoms with Crippen LogP contribution in [0.4, 0.5) is 10.1 Å². The lowest BCUT2D eigenvalue weighted by Crippen LogP contribution is -2.54. The minimum Gasteiger partial charge on any atom is -0.368 e. The Hall–Kier alpha value is -3.06. The molecule has 29 heavy (non-hydrogen) atoms. The highest BCUT2D eigenvalue weighted by Gasteiger charge is 2.21. The van der Waals surface area contributed by atoms with Crippen LogP contribution in [0.5, 0.6) is 0 Å². The molecule has 148 valence electrons. The molecule has 0 aliphatic carbocycles. The number of hydrogen-bond donors (Lipinski definition) is 1. The summed E-state index contributed by atoms with van der Waals surface area (Å²) in [7, 11) is 0. The summed E-state index contributed by atoms with van der Waals surface area (Å²) in [6.45, 7) is 8.19. The fraction of sp³-hybridized carbons (Fsp3) is 0.318. The normalized spacial score (nSPS) is 19.9. The molecule has 0 radical (unpaired) electrons. The van der Waals surface area contributed by atoms with Gasteiger partial charge in [0.25, 0.3) is 0 Å². The Balaban J connectivity index is 1.51. The Morgan fingerprint density at radius 2 is 1.86 bits per heavy atom. The first kappa shape index (κ1) is 18.0. The van der Waals surface area contributed by atoms with Crippen LogP contribution in [-0.4, -0.2) is 44.5 Å². The van der Waals surface area contributed by atoms with E-state index < -0.39 is 0 Å². The molecule has 4 aromatic rings. The van der Waals surface area contributed by atoms with E-state index >= 15 is 0 Å². The summed E-state index contributed by atoms with van der Waals surface area (Å²) in [5.41, 5.74) is 3.73. The molecule has 0 saturated carbocycles. The summed E-state index contributed by atoms with van der Waals surface area (Å²) < 4.78 is 16.1. The van der Waals surface area contributed by atoms with Crippen molar-refractivity contribution in [2.45, 2.75) is 32.9 Å². The number of benzene rings is 1. The predicted molar refractivity (Wildman–Crippen MR) is 113 cm³/mol. The van der Waals surface area contributed by atoms with Crippen molar-refractivity contribution in [3.63, 3.8) is 0 Å². The summed E-state index contributed by atoms with van der Waals surface area (Å²) in [6, 6.07) is 8.60. The van der Waals surface area contributed by atoms with Crippen molar-refractivity contribution in [2.24, 2.45) is 0 Å². The van der Waals surface area contributed by atoms with E-state index in [1.54, 1.807) is 10.6 Å². The van der Waals surface area contributed by atoms with Gasteiger partial charge in [-0.25, -0.2) is 19.3 Å². The van der Waals surface area contributed by atoms with Gasteiger partial charge in [0.15, 0.2) is 17.3 Å². The third kappa shape index (κ3) is 3.31. The van der Waals surface area contributed by atoms with Gasteiger partial charge in [-0.2, -0.15) is 0 Å². The van der Waals surface area contributed by atoms with Gasteiger partial charge in [0.05, 0.1) is 11.2 Å². The van der Waals surface area contributed by atoms with Gasteiger partial charge in [-0.3, -0.25) is 0 Å². The molecule has 1 aliphatic heterocycles. The molecule has 0 amide bonds. The third-order valence-corrected chi connectivity index (χ3v) is 5.37. The highest BCUT2D eigenvalue weighted by atomic mass is 19.1. The number of aromatic nitrogens is 4. The van der Waals surface area contributed by atoms with Crippen LogP contribution in [0.3, 0.4) is 0 Å². The lowest BCUT2D eigenvalue weighted by atomic mass is 10.1. The van der Waals surface area contributed by atoms with Crippen molar-refractivity contribution in [1.82, 2.24) is 24.7 Å². The van der Waals surface area contributed by atoms with E-state index in [-0.39, 0.29) is 5.82 Å². The maximum atomic E-state index is 14.4. The Morgan fingerprint density at radius 3 is 2.66 bits per heavy atom. The Labute approximate surface area is 168 Å². The van der Waals surface area contributed by atoms with E-state index in [0.29, 0.717) is 29.1 Å². The zero-order valence-corrected chi connectivity index (χ0v) is 16.7. The quantitative estimate of drug-likeness (QED) is 0.567. The fourth-order valence-electron chi connectivity index (χ4n) is 4.20. The minimum atomic E-state index is -0.378. The smallest absolute Gasteiger partial charge is 0.173 e. The molecular weight excluding hydrogens is 367 g/mol. The summed E-state index contributed by atoms with van der Waals surface area (Å²) in [4.78, 5) is 15.8. The first-order valence-electron chi connectivity index (χ1n) is 9.89. The number of nitrogens with zero attached hydrogens (tertiary/aromatic N) is 5. The molecule has 1 N–H and O–H groups in total. The average molecular weight is 390 g/mol. The van der Waals surface area contributed by atoms with Gasteiger partial charge < -0.3 is 14.6 Å². The van der Waals surface area contributed by atoms with Gasteiger partial charge in [-0.1, -0.05) is 0 Å². The molecule has 3 aromatic heterocycles. The molecule has 2 atom stereocenters. The van der Waals surface area contributed by atoms with Crippen LogP contribution in [0.25, 0.3) is 27.9 Å². The molecular formula is C22H23FN6. The molecule has 4 heterocycles. The lowest BCUT2D eigenvalue weighted by molar-refractivity contribution is 0.407. The van der Waals surface area contributed by atoms with E-state index in [0.717, 1.165) is 29.7 Å². The van der Waals surface area contributed by atoms with Crippen LogP contribution >= 0.6 is 0 Å². The lowest BCUT2D eigenvalue weighted by Gasteiger charge is -2.37. The highest BCUT2D eigenvalue weighted by molar-refractivity contribution is 5.83. The maximum absolute atomic E-state index is 14.4. The number of nitrogens with one attached hydrogen (secondary N) is 1. The third-order valence-electron chi connectivity index (χ3n) is 5.37. The van der Waals surface area contributed by atoms with Gasteiger partial charge in [-0.15, -0.1) is 0 Å². The number of rotatable bonds is 2. The standard InChI is InChI=1S/C22H23FN6/c1-13-9-28(10-14(2)25-13)18-4-5-20-16(6-18)8-24-21(27-20)17-7-19(23)22-26-15(3)11-29(22)12-17/h4-8,11-14,25H,9-10H2,1-3H3/t13-,14-/m1/s1. The van der Waals surface area contributed by atoms with Crippen molar-refractivity contribution >= 4 is 22.2 Å². The van der Waals surface area contributed by atoms with Crippen LogP contribution in [-0.2, 0) is 0 Å². The van der Waals surface area contributed by atoms with Crippen LogP contribution in [0.2, 0.25) is 0 Å². The first-order chi connectivity index (χ1) is 14.0. The molecule has 1 aromatic carbocycles. The molecule has 5 rings (SSSR count). The molecule has 1 aliphatic rings. The van der Waals surface area contributed by atoms with E-state index in [4.69, 9.17) is 0 Å². The minimum absolute atomic E-state index is 0.316. The molecule has 6 nitrogen and oxygen atoms in total. The molecule has 0 unspecified atom stereocenters. The Kier molecular flexibility index (Phi) is 4.20. The molecule has 0 bridgehead atoms. The van der Waals surface area contributed by atoms with Gasteiger partial charge in [0.1, 0.15) is 0 Å². The average Bonchev–Trinajstić information content (AvgIpc) is 3.07. The summed E-state index contributed by atoms with van der Waals surface area (Å²) in [6.07, 6.45) is 5.43. The molecule has 0 spiro atoms. The second-order valence-corrected chi connectivity index (χ2v) is 8.00. The number of halogens is 1. The summed E-state index contributed by atoms with van der Waals surface area (Å²) in [5, 5.41) is 4.53. The van der Waals surface area contributed by atoms with E-state index in [1.165, 1.54) is 11.8 Å². The van der Waals surface area contributed by atoms with Crippen LogP contribution in [0.15, 0.2) is 42.9 Å². The van der Waals surface area contributed by atoms with Crippen molar-refractivity contribution in [2.75, 3.05) is 18.0 Å². The molecule has 1 fully saturated rings. The van der Waals surface area contributed by atoms with Crippen molar-refractivity contribution < 1.29 is 4.39 Å². The zero-order chi connectivity index (χ0) is 20.1. The number of hydrogen-bond acceptors (Lipinski definition) is 5. The second kappa shape index (κ2) is 6.77. The monoisotopic (exact) mass is 390 g/mol. The predicted octanol–water partition coefficient (Wildman–Crippen LogP) is 3.58. The number of piperazine rings is 1. The van der Waals surface area contributed by atoms with Gasteiger partial charge in [0.2, 0.25) is 0 Å². The van der Waals surface area contributed by atoms with Gasteiger partial charge in [-0.05, 0) is 45.0 Å². The van der Waals surface area contributed by atoms with Crippen LogP contribution in [0, 0.1) is 12.7 Å². The van der Waals surface area contributed by atoms with Gasteiger partial charge >= 0.3 is 0 Å². The molecule has 1 saturated heterocycles. The zero-order valence-electron chi connectivity index (χ0n) is 16.7. The Morgan fingerprint density at radius 1 is 1.07 bits per heavy atom. The first-order valence-corrected chi connectivity index (χ1v) is 9.89. The van der Waals surface area contributed by atoms with Gasteiger partial charge in [0, 0.05) is 60.4 Å². The summed E-state index contributed by atoms with van der Waals surface area (Å²) in [5.74, 6) is 0.124. The van der Waals surface area contributed by atoms with E-state index in [2.05, 4.69) is 51.1 Å². The van der Waals surface area contributed by atoms with E-state index in [1.807, 2.05) is 25.4 Å². The largest absolute Gasteiger partial charge is 0.368 e. The SMILES string of the molecule is Cc1cn2cc(-c3ncc4cc(N5C[C@@H](C)N[C@H](C)C5)ccc4n3)cc(F)c2n1. The number of aryl methyl sites for hydroxylation is 1. The topological polar surface area (TPSA) is 58.4 Å². The van der Waals surface area contributed by atoms with Crippen molar-refractivity contribution in [3.05, 3.63) is 54.4 Å². The Bertz CT molecular complexity index is 1210. The number of anilines is 1. The van der Waals surface area contributed by atoms with E-state index in [9.17, 15) is 4.39 Å². The number of fused-ring (bicyclic) bond motifs is 2. The van der Waals surface area contributed by atoms with Crippen molar-refractivity contribution in [3.8, 4) is 11.4 Å². The van der Waals surface area contributed by atoms with Crippen molar-refractivity contribution in [1.29, 1.82) is 0 Å². The van der Waals surface area contributed by atoms with Crippen LogP contribution < -0.4 is 10.2 Å².